The highest BCUT2D eigenvalue weighted by Gasteiger charge is 2.35. The molecular formula is C14H13F3N2O3. The Balaban J connectivity index is 2.19. The molecule has 118 valence electrons. The molecule has 0 unspecified atom stereocenters. The molecule has 0 aliphatic rings. The Kier molecular flexibility index (Phi) is 4.39. The maximum absolute atomic E-state index is 13.0. The highest BCUT2D eigenvalue weighted by Crippen LogP contribution is 2.38. The molecule has 0 atom stereocenters. The normalized spacial score (nSPS) is 11.3. The Bertz CT molecular complexity index is 680. The minimum absolute atomic E-state index is 0.0534. The van der Waals surface area contributed by atoms with Crippen LogP contribution in [0.4, 0.5) is 13.2 Å². The number of halogens is 3. The van der Waals surface area contributed by atoms with Crippen molar-refractivity contribution >= 4 is 5.78 Å². The summed E-state index contributed by atoms with van der Waals surface area (Å²) < 4.78 is 50.1. The largest absolute Gasteiger partial charge is 0.497 e. The Labute approximate surface area is 124 Å². The molecule has 0 amide bonds. The first-order valence-corrected chi connectivity index (χ1v) is 6.22. The average Bonchev–Trinajstić information content (AvgIpc) is 2.90. The third kappa shape index (κ3) is 3.38. The van der Waals surface area contributed by atoms with Crippen LogP contribution >= 0.6 is 0 Å². The molecule has 1 aromatic carbocycles. The summed E-state index contributed by atoms with van der Waals surface area (Å²) >= 11 is 0. The fourth-order valence-electron chi connectivity index (χ4n) is 1.85. The van der Waals surface area contributed by atoms with Gasteiger partial charge in [0, 0.05) is 13.2 Å². The molecule has 0 aliphatic carbocycles. The highest BCUT2D eigenvalue weighted by atomic mass is 19.4. The van der Waals surface area contributed by atoms with E-state index >= 15 is 0 Å². The number of methoxy groups -OCH3 is 1. The van der Waals surface area contributed by atoms with Gasteiger partial charge < -0.3 is 9.47 Å². The van der Waals surface area contributed by atoms with Gasteiger partial charge in [-0.3, -0.25) is 9.48 Å². The van der Waals surface area contributed by atoms with E-state index in [-0.39, 0.29) is 11.4 Å². The number of hydrogen-bond acceptors (Lipinski definition) is 4. The topological polar surface area (TPSA) is 53.4 Å². The van der Waals surface area contributed by atoms with Gasteiger partial charge >= 0.3 is 6.18 Å². The van der Waals surface area contributed by atoms with Crippen LogP contribution in [0.25, 0.3) is 0 Å². The van der Waals surface area contributed by atoms with Crippen molar-refractivity contribution in [1.82, 2.24) is 9.78 Å². The minimum Gasteiger partial charge on any atom is -0.497 e. The van der Waals surface area contributed by atoms with Gasteiger partial charge in [0.15, 0.2) is 6.61 Å². The number of ketones is 1. The van der Waals surface area contributed by atoms with E-state index in [2.05, 4.69) is 5.10 Å². The van der Waals surface area contributed by atoms with Crippen molar-refractivity contribution < 1.29 is 27.4 Å². The molecule has 0 bridgehead atoms. The van der Waals surface area contributed by atoms with Crippen LogP contribution in [0.15, 0.2) is 30.5 Å². The minimum atomic E-state index is -4.61. The van der Waals surface area contributed by atoms with Gasteiger partial charge in [-0.25, -0.2) is 0 Å². The second kappa shape index (κ2) is 6.08. The predicted octanol–water partition coefficient (Wildman–Crippen LogP) is 2.71. The fourth-order valence-corrected chi connectivity index (χ4v) is 1.85. The predicted molar refractivity (Wildman–Crippen MR) is 71.0 cm³/mol. The summed E-state index contributed by atoms with van der Waals surface area (Å²) in [5.74, 6) is -0.842. The highest BCUT2D eigenvalue weighted by molar-refractivity contribution is 5.95. The Morgan fingerprint density at radius 3 is 2.59 bits per heavy atom. The van der Waals surface area contributed by atoms with Crippen molar-refractivity contribution in [3.05, 3.63) is 41.7 Å². The first-order valence-electron chi connectivity index (χ1n) is 6.22. The van der Waals surface area contributed by atoms with E-state index in [1.165, 1.54) is 30.1 Å². The van der Waals surface area contributed by atoms with Crippen LogP contribution in [0.2, 0.25) is 0 Å². The van der Waals surface area contributed by atoms with E-state index in [9.17, 15) is 18.0 Å². The first-order chi connectivity index (χ1) is 10.3. The number of nitrogens with zero attached hydrogens (tertiary/aromatic N) is 2. The van der Waals surface area contributed by atoms with Crippen molar-refractivity contribution in [2.24, 2.45) is 7.05 Å². The maximum atomic E-state index is 13.0. The SMILES string of the molecule is COc1ccc(OCC(=O)c2ccnn2C)c(C(F)(F)F)c1. The van der Waals surface area contributed by atoms with Crippen molar-refractivity contribution in [2.45, 2.75) is 6.18 Å². The van der Waals surface area contributed by atoms with E-state index in [0.29, 0.717) is 0 Å². The molecule has 2 rings (SSSR count). The lowest BCUT2D eigenvalue weighted by atomic mass is 10.2. The summed E-state index contributed by atoms with van der Waals surface area (Å²) in [6.45, 7) is -0.519. The summed E-state index contributed by atoms with van der Waals surface area (Å²) in [6, 6.07) is 4.74. The molecule has 0 spiro atoms. The van der Waals surface area contributed by atoms with Crippen LogP contribution in [0.5, 0.6) is 11.5 Å². The zero-order chi connectivity index (χ0) is 16.3. The monoisotopic (exact) mass is 314 g/mol. The van der Waals surface area contributed by atoms with Crippen molar-refractivity contribution in [1.29, 1.82) is 0 Å². The molecular weight excluding hydrogens is 301 g/mol. The lowest BCUT2D eigenvalue weighted by molar-refractivity contribution is -0.139. The number of alkyl halides is 3. The quantitative estimate of drug-likeness (QED) is 0.796. The van der Waals surface area contributed by atoms with Crippen molar-refractivity contribution in [3.63, 3.8) is 0 Å². The second-order valence-electron chi connectivity index (χ2n) is 4.41. The zero-order valence-electron chi connectivity index (χ0n) is 11.8. The Hall–Kier alpha value is -2.51. The van der Waals surface area contributed by atoms with Gasteiger partial charge in [-0.1, -0.05) is 0 Å². The zero-order valence-corrected chi connectivity index (χ0v) is 11.8. The lowest BCUT2D eigenvalue weighted by Crippen LogP contribution is -2.17. The summed E-state index contributed by atoms with van der Waals surface area (Å²) in [5, 5.41) is 3.82. The molecule has 0 fully saturated rings. The van der Waals surface area contributed by atoms with Gasteiger partial charge in [-0.2, -0.15) is 18.3 Å². The standard InChI is InChI=1S/C14H13F3N2O3/c1-19-11(5-6-18-19)12(20)8-22-13-4-3-9(21-2)7-10(13)14(15,16)17/h3-7H,8H2,1-2H3. The van der Waals surface area contributed by atoms with Gasteiger partial charge in [0.05, 0.1) is 7.11 Å². The number of rotatable bonds is 5. The van der Waals surface area contributed by atoms with Crippen LogP contribution in [0.3, 0.4) is 0 Å². The van der Waals surface area contributed by atoms with Gasteiger partial charge in [0.25, 0.3) is 0 Å². The molecule has 1 heterocycles. The number of carbonyl (C=O) groups is 1. The number of benzene rings is 1. The van der Waals surface area contributed by atoms with Crippen LogP contribution in [0.1, 0.15) is 16.1 Å². The summed E-state index contributed by atoms with van der Waals surface area (Å²) in [4.78, 5) is 11.9. The molecule has 0 N–H and O–H groups in total. The van der Waals surface area contributed by atoms with E-state index in [4.69, 9.17) is 9.47 Å². The molecule has 2 aromatic rings. The number of carbonyl (C=O) groups excluding carboxylic acids is 1. The number of aryl methyl sites for hydroxylation is 1. The second-order valence-corrected chi connectivity index (χ2v) is 4.41. The first kappa shape index (κ1) is 15.9. The van der Waals surface area contributed by atoms with Gasteiger partial charge in [0.1, 0.15) is 22.8 Å². The van der Waals surface area contributed by atoms with E-state index in [1.54, 1.807) is 7.05 Å². The third-order valence-corrected chi connectivity index (χ3v) is 2.96. The summed E-state index contributed by atoms with van der Waals surface area (Å²) in [5.41, 5.74) is -0.744. The molecule has 0 aliphatic heterocycles. The van der Waals surface area contributed by atoms with Crippen LogP contribution in [-0.2, 0) is 13.2 Å². The maximum Gasteiger partial charge on any atom is 0.420 e. The van der Waals surface area contributed by atoms with Crippen LogP contribution in [0, 0.1) is 0 Å². The molecule has 1 aromatic heterocycles. The van der Waals surface area contributed by atoms with Crippen molar-refractivity contribution in [2.75, 3.05) is 13.7 Å². The van der Waals surface area contributed by atoms with E-state index in [0.717, 1.165) is 12.1 Å². The molecule has 0 saturated heterocycles. The van der Waals surface area contributed by atoms with Crippen LogP contribution < -0.4 is 9.47 Å². The van der Waals surface area contributed by atoms with E-state index < -0.39 is 29.9 Å². The number of Topliss-reactive ketones (excluding diaryl/α,β-unsaturated/α-hetero) is 1. The Morgan fingerprint density at radius 1 is 1.32 bits per heavy atom. The van der Waals surface area contributed by atoms with Gasteiger partial charge in [-0.15, -0.1) is 0 Å². The van der Waals surface area contributed by atoms with E-state index in [1.807, 2.05) is 0 Å². The molecule has 22 heavy (non-hydrogen) atoms. The van der Waals surface area contributed by atoms with Crippen LogP contribution in [-0.4, -0.2) is 29.3 Å². The van der Waals surface area contributed by atoms with Gasteiger partial charge in [0.2, 0.25) is 5.78 Å². The van der Waals surface area contributed by atoms with Gasteiger partial charge in [-0.05, 0) is 24.3 Å². The number of hydrogen-bond donors (Lipinski definition) is 0. The molecule has 0 radical (unpaired) electrons. The number of aromatic nitrogens is 2. The lowest BCUT2D eigenvalue weighted by Gasteiger charge is -2.14. The summed E-state index contributed by atoms with van der Waals surface area (Å²) in [7, 11) is 2.82. The summed E-state index contributed by atoms with van der Waals surface area (Å²) in [6.07, 6.45) is -3.19. The molecule has 5 nitrogen and oxygen atoms in total. The third-order valence-electron chi connectivity index (χ3n) is 2.96. The van der Waals surface area contributed by atoms with Crippen molar-refractivity contribution in [3.8, 4) is 11.5 Å². The smallest absolute Gasteiger partial charge is 0.420 e. The fraction of sp³-hybridized carbons (Fsp3) is 0.286. The number of ether oxygens (including phenoxy) is 2. The molecule has 0 saturated carbocycles. The molecule has 8 heteroatoms. The Morgan fingerprint density at radius 2 is 2.05 bits per heavy atom. The average molecular weight is 314 g/mol.